The van der Waals surface area contributed by atoms with E-state index >= 15 is 0 Å². The lowest BCUT2D eigenvalue weighted by molar-refractivity contribution is -0.143. The fourth-order valence-corrected chi connectivity index (χ4v) is 1.72. The van der Waals surface area contributed by atoms with Crippen molar-refractivity contribution in [3.63, 3.8) is 0 Å². The van der Waals surface area contributed by atoms with Gasteiger partial charge in [0, 0.05) is 6.08 Å². The Morgan fingerprint density at radius 3 is 2.82 bits per heavy atom. The third-order valence-corrected chi connectivity index (χ3v) is 2.71. The van der Waals surface area contributed by atoms with E-state index < -0.39 is 5.79 Å². The number of hydrogen-bond donors (Lipinski definition) is 0. The molecule has 1 aliphatic rings. The second kappa shape index (κ2) is 6.17. The van der Waals surface area contributed by atoms with Crippen LogP contribution in [0.2, 0.25) is 0 Å². The van der Waals surface area contributed by atoms with Crippen molar-refractivity contribution in [2.24, 2.45) is 5.92 Å². The van der Waals surface area contributed by atoms with Crippen molar-refractivity contribution in [1.82, 2.24) is 0 Å². The first-order chi connectivity index (χ1) is 7.94. The van der Waals surface area contributed by atoms with E-state index in [2.05, 4.69) is 6.92 Å². The minimum Gasteiger partial charge on any atom is -0.463 e. The smallest absolute Gasteiger partial charge is 0.330 e. The van der Waals surface area contributed by atoms with Crippen molar-refractivity contribution < 1.29 is 19.0 Å². The molecule has 4 nitrogen and oxygen atoms in total. The highest BCUT2D eigenvalue weighted by Gasteiger charge is 2.35. The van der Waals surface area contributed by atoms with Gasteiger partial charge in [-0.3, -0.25) is 0 Å². The Morgan fingerprint density at radius 1 is 1.59 bits per heavy atom. The first kappa shape index (κ1) is 14.2. The van der Waals surface area contributed by atoms with E-state index in [1.807, 2.05) is 19.9 Å². The lowest BCUT2D eigenvalue weighted by Gasteiger charge is -2.20. The molecule has 1 fully saturated rings. The molecule has 2 atom stereocenters. The van der Waals surface area contributed by atoms with Gasteiger partial charge in [0.1, 0.15) is 0 Å². The van der Waals surface area contributed by atoms with Crippen molar-refractivity contribution in [3.05, 3.63) is 12.2 Å². The minimum atomic E-state index is -0.482. The van der Waals surface area contributed by atoms with Gasteiger partial charge in [-0.15, -0.1) is 0 Å². The summed E-state index contributed by atoms with van der Waals surface area (Å²) >= 11 is 0. The summed E-state index contributed by atoms with van der Waals surface area (Å²) in [4.78, 5) is 11.1. The van der Waals surface area contributed by atoms with E-state index in [4.69, 9.17) is 14.2 Å². The van der Waals surface area contributed by atoms with Gasteiger partial charge in [-0.2, -0.15) is 0 Å². The molecular weight excluding hydrogens is 220 g/mol. The summed E-state index contributed by atoms with van der Waals surface area (Å²) in [6.07, 6.45) is 4.18. The molecule has 4 heteroatoms. The molecule has 1 rings (SSSR count). The highest BCUT2D eigenvalue weighted by atomic mass is 16.7. The van der Waals surface area contributed by atoms with Crippen molar-refractivity contribution in [2.75, 3.05) is 13.2 Å². The maximum absolute atomic E-state index is 11.1. The van der Waals surface area contributed by atoms with Gasteiger partial charge in [0.25, 0.3) is 0 Å². The molecule has 0 bridgehead atoms. The fourth-order valence-electron chi connectivity index (χ4n) is 1.72. The summed E-state index contributed by atoms with van der Waals surface area (Å²) in [6, 6.07) is 0. The molecule has 0 amide bonds. The van der Waals surface area contributed by atoms with Gasteiger partial charge < -0.3 is 14.2 Å². The maximum atomic E-state index is 11.1. The van der Waals surface area contributed by atoms with Crippen molar-refractivity contribution in [3.8, 4) is 0 Å². The molecule has 0 saturated carbocycles. The summed E-state index contributed by atoms with van der Waals surface area (Å²) in [6.45, 7) is 8.72. The SMILES string of the molecule is CCOC(=O)/C=C/C[C@@H](C)[C@H]1COC(C)(C)O1. The van der Waals surface area contributed by atoms with Gasteiger partial charge >= 0.3 is 5.97 Å². The topological polar surface area (TPSA) is 44.8 Å². The van der Waals surface area contributed by atoms with Crippen molar-refractivity contribution in [1.29, 1.82) is 0 Å². The molecule has 98 valence electrons. The third kappa shape index (κ3) is 4.88. The van der Waals surface area contributed by atoms with Crippen LogP contribution < -0.4 is 0 Å². The average Bonchev–Trinajstić information content (AvgIpc) is 2.59. The zero-order chi connectivity index (χ0) is 12.9. The van der Waals surface area contributed by atoms with Gasteiger partial charge in [0.2, 0.25) is 0 Å². The fraction of sp³-hybridized carbons (Fsp3) is 0.769. The monoisotopic (exact) mass is 242 g/mol. The zero-order valence-electron chi connectivity index (χ0n) is 11.1. The van der Waals surface area contributed by atoms with Crippen LogP contribution in [0.5, 0.6) is 0 Å². The van der Waals surface area contributed by atoms with Crippen LogP contribution in [0.4, 0.5) is 0 Å². The molecule has 0 aliphatic carbocycles. The number of hydrogen-bond acceptors (Lipinski definition) is 4. The molecule has 1 heterocycles. The number of carbonyl (C=O) groups excluding carboxylic acids is 1. The van der Waals surface area contributed by atoms with Crippen LogP contribution in [0.25, 0.3) is 0 Å². The van der Waals surface area contributed by atoms with Crippen LogP contribution in [-0.4, -0.2) is 31.1 Å². The Kier molecular flexibility index (Phi) is 5.15. The summed E-state index contributed by atoms with van der Waals surface area (Å²) in [5.74, 6) is -0.449. The molecule has 0 aromatic carbocycles. The number of carbonyl (C=O) groups is 1. The predicted molar refractivity (Wildman–Crippen MR) is 64.5 cm³/mol. The third-order valence-electron chi connectivity index (χ3n) is 2.71. The zero-order valence-corrected chi connectivity index (χ0v) is 11.1. The Bertz CT molecular complexity index is 283. The molecule has 0 radical (unpaired) electrons. The second-order valence-corrected chi connectivity index (χ2v) is 4.73. The molecule has 17 heavy (non-hydrogen) atoms. The van der Waals surface area contributed by atoms with E-state index in [0.717, 1.165) is 6.42 Å². The minimum absolute atomic E-state index is 0.0943. The highest BCUT2D eigenvalue weighted by Crippen LogP contribution is 2.28. The van der Waals surface area contributed by atoms with Crippen LogP contribution in [-0.2, 0) is 19.0 Å². The van der Waals surface area contributed by atoms with Crippen LogP contribution >= 0.6 is 0 Å². The number of esters is 1. The van der Waals surface area contributed by atoms with Crippen LogP contribution in [0.3, 0.4) is 0 Å². The molecular formula is C13H22O4. The molecule has 1 aliphatic heterocycles. The van der Waals surface area contributed by atoms with Crippen molar-refractivity contribution >= 4 is 5.97 Å². The van der Waals surface area contributed by atoms with Gasteiger partial charge in [-0.05, 0) is 33.1 Å². The molecule has 0 unspecified atom stereocenters. The average molecular weight is 242 g/mol. The van der Waals surface area contributed by atoms with Gasteiger partial charge in [-0.1, -0.05) is 13.0 Å². The first-order valence-corrected chi connectivity index (χ1v) is 6.09. The first-order valence-electron chi connectivity index (χ1n) is 6.09. The van der Waals surface area contributed by atoms with E-state index in [1.165, 1.54) is 6.08 Å². The van der Waals surface area contributed by atoms with Crippen LogP contribution in [0.15, 0.2) is 12.2 Å². The molecule has 1 saturated heterocycles. The summed E-state index contributed by atoms with van der Waals surface area (Å²) in [5.41, 5.74) is 0. The van der Waals surface area contributed by atoms with E-state index in [-0.39, 0.29) is 12.1 Å². The van der Waals surface area contributed by atoms with E-state index in [9.17, 15) is 4.79 Å². The van der Waals surface area contributed by atoms with Crippen molar-refractivity contribution in [2.45, 2.75) is 46.0 Å². The maximum Gasteiger partial charge on any atom is 0.330 e. The Morgan fingerprint density at radius 2 is 2.29 bits per heavy atom. The number of rotatable bonds is 5. The number of ether oxygens (including phenoxy) is 3. The lowest BCUT2D eigenvalue weighted by Crippen LogP contribution is -2.25. The second-order valence-electron chi connectivity index (χ2n) is 4.73. The van der Waals surface area contributed by atoms with E-state index in [0.29, 0.717) is 19.1 Å². The standard InChI is InChI=1S/C13H22O4/c1-5-15-12(14)8-6-7-10(2)11-9-16-13(3,4)17-11/h6,8,10-11H,5,7,9H2,1-4H3/b8-6+/t10-,11-/m1/s1. The van der Waals surface area contributed by atoms with Crippen LogP contribution in [0, 0.1) is 5.92 Å². The van der Waals surface area contributed by atoms with E-state index in [1.54, 1.807) is 6.92 Å². The van der Waals surface area contributed by atoms with Gasteiger partial charge in [0.15, 0.2) is 5.79 Å². The highest BCUT2D eigenvalue weighted by molar-refractivity contribution is 5.81. The van der Waals surface area contributed by atoms with Gasteiger partial charge in [-0.25, -0.2) is 4.79 Å². The quantitative estimate of drug-likeness (QED) is 0.548. The Balaban J connectivity index is 2.30. The summed E-state index contributed by atoms with van der Waals surface area (Å²) in [7, 11) is 0. The Hall–Kier alpha value is -0.870. The largest absolute Gasteiger partial charge is 0.463 e. The van der Waals surface area contributed by atoms with Crippen LogP contribution in [0.1, 0.15) is 34.1 Å². The van der Waals surface area contributed by atoms with Gasteiger partial charge in [0.05, 0.1) is 19.3 Å². The normalized spacial score (nSPS) is 25.1. The molecule has 0 spiro atoms. The molecule has 0 aromatic rings. The number of allylic oxidation sites excluding steroid dienone is 1. The Labute approximate surface area is 103 Å². The summed E-state index contributed by atoms with van der Waals surface area (Å²) in [5, 5.41) is 0. The summed E-state index contributed by atoms with van der Waals surface area (Å²) < 4.78 is 16.0. The molecule has 0 N–H and O–H groups in total. The lowest BCUT2D eigenvalue weighted by atomic mass is 10.0. The molecule has 0 aromatic heterocycles. The predicted octanol–water partition coefficient (Wildman–Crippen LogP) is 2.28.